The van der Waals surface area contributed by atoms with Crippen molar-refractivity contribution in [1.29, 1.82) is 5.26 Å². The van der Waals surface area contributed by atoms with Crippen molar-refractivity contribution in [3.05, 3.63) is 71.8 Å². The van der Waals surface area contributed by atoms with E-state index in [1.54, 1.807) is 12.1 Å². The number of oxime groups is 1. The molecule has 0 aliphatic heterocycles. The molecule has 0 radical (unpaired) electrons. The van der Waals surface area contributed by atoms with Crippen LogP contribution < -0.4 is 0 Å². The number of hydrogen-bond donors (Lipinski definition) is 1. The summed E-state index contributed by atoms with van der Waals surface area (Å²) in [4.78, 5) is 0. The molecular formula is C14H12N2O. The number of nitriles is 1. The maximum atomic E-state index is 8.29. The second-order valence-corrected chi connectivity index (χ2v) is 3.13. The molecule has 0 atom stereocenters. The summed E-state index contributed by atoms with van der Waals surface area (Å²) in [5, 5.41) is 19.3. The first kappa shape index (κ1) is 12.5. The van der Waals surface area contributed by atoms with Crippen LogP contribution >= 0.6 is 0 Å². The molecule has 0 aliphatic rings. The zero-order chi connectivity index (χ0) is 12.3. The lowest BCUT2D eigenvalue weighted by molar-refractivity contribution is 0.322. The molecular weight excluding hydrogens is 212 g/mol. The molecule has 0 aliphatic carbocycles. The largest absolute Gasteiger partial charge is 0.411 e. The Bertz CT molecular complexity index is 487. The lowest BCUT2D eigenvalue weighted by Gasteiger charge is -1.85. The Morgan fingerprint density at radius 1 is 0.941 bits per heavy atom. The molecule has 2 aromatic carbocycles. The van der Waals surface area contributed by atoms with Crippen LogP contribution in [0.5, 0.6) is 0 Å². The summed E-state index contributed by atoms with van der Waals surface area (Å²) in [7, 11) is 0. The van der Waals surface area contributed by atoms with Gasteiger partial charge in [-0.05, 0) is 17.7 Å². The Morgan fingerprint density at radius 3 is 1.88 bits per heavy atom. The predicted molar refractivity (Wildman–Crippen MR) is 67.0 cm³/mol. The summed E-state index contributed by atoms with van der Waals surface area (Å²) in [6, 6.07) is 20.6. The van der Waals surface area contributed by atoms with Gasteiger partial charge in [0.1, 0.15) is 0 Å². The number of hydrogen-bond acceptors (Lipinski definition) is 3. The molecule has 17 heavy (non-hydrogen) atoms. The summed E-state index contributed by atoms with van der Waals surface area (Å²) in [6.07, 6.45) is 1.39. The van der Waals surface area contributed by atoms with Crippen LogP contribution in [0.2, 0.25) is 0 Å². The van der Waals surface area contributed by atoms with Crippen LogP contribution in [-0.4, -0.2) is 11.4 Å². The highest BCUT2D eigenvalue weighted by Crippen LogP contribution is 1.93. The summed E-state index contributed by atoms with van der Waals surface area (Å²) >= 11 is 0. The molecule has 0 bridgehead atoms. The van der Waals surface area contributed by atoms with E-state index in [0.29, 0.717) is 5.56 Å². The second kappa shape index (κ2) is 7.66. The summed E-state index contributed by atoms with van der Waals surface area (Å²) < 4.78 is 0. The van der Waals surface area contributed by atoms with Gasteiger partial charge in [0.15, 0.2) is 0 Å². The Kier molecular flexibility index (Phi) is 5.62. The normalized spacial score (nSPS) is 9.12. The van der Waals surface area contributed by atoms with Crippen LogP contribution in [-0.2, 0) is 0 Å². The molecule has 2 rings (SSSR count). The molecule has 0 fully saturated rings. The van der Waals surface area contributed by atoms with Crippen molar-refractivity contribution < 1.29 is 5.21 Å². The van der Waals surface area contributed by atoms with Crippen molar-refractivity contribution in [3.8, 4) is 6.07 Å². The lowest BCUT2D eigenvalue weighted by atomic mass is 10.2. The first-order valence-corrected chi connectivity index (χ1v) is 5.04. The summed E-state index contributed by atoms with van der Waals surface area (Å²) in [5.41, 5.74) is 1.62. The molecule has 0 saturated carbocycles. The molecule has 84 valence electrons. The van der Waals surface area contributed by atoms with Gasteiger partial charge >= 0.3 is 0 Å². The highest BCUT2D eigenvalue weighted by Gasteiger charge is 1.80. The maximum absolute atomic E-state index is 8.29. The van der Waals surface area contributed by atoms with Gasteiger partial charge in [0.25, 0.3) is 0 Å². The van der Waals surface area contributed by atoms with Gasteiger partial charge < -0.3 is 5.21 Å². The van der Waals surface area contributed by atoms with Gasteiger partial charge in [0.05, 0.1) is 17.8 Å². The zero-order valence-corrected chi connectivity index (χ0v) is 9.19. The smallest absolute Gasteiger partial charge is 0.0991 e. The highest BCUT2D eigenvalue weighted by atomic mass is 16.4. The third kappa shape index (κ3) is 5.14. The molecule has 3 heteroatoms. The van der Waals surface area contributed by atoms with E-state index < -0.39 is 0 Å². The Morgan fingerprint density at radius 2 is 1.47 bits per heavy atom. The van der Waals surface area contributed by atoms with Crippen LogP contribution in [0.15, 0.2) is 65.8 Å². The van der Waals surface area contributed by atoms with Gasteiger partial charge in [-0.3, -0.25) is 0 Å². The van der Waals surface area contributed by atoms with Crippen LogP contribution in [0.3, 0.4) is 0 Å². The molecule has 0 heterocycles. The fraction of sp³-hybridized carbons (Fsp3) is 0. The van der Waals surface area contributed by atoms with Crippen LogP contribution in [0, 0.1) is 11.3 Å². The van der Waals surface area contributed by atoms with Crippen molar-refractivity contribution in [2.45, 2.75) is 0 Å². The monoisotopic (exact) mass is 224 g/mol. The average molecular weight is 224 g/mol. The highest BCUT2D eigenvalue weighted by molar-refractivity contribution is 5.78. The Hall–Kier alpha value is -2.60. The van der Waals surface area contributed by atoms with Gasteiger partial charge in [-0.25, -0.2) is 0 Å². The van der Waals surface area contributed by atoms with E-state index in [2.05, 4.69) is 5.16 Å². The lowest BCUT2D eigenvalue weighted by Crippen LogP contribution is -1.76. The molecule has 1 N–H and O–H groups in total. The molecule has 0 unspecified atom stereocenters. The number of benzene rings is 2. The van der Waals surface area contributed by atoms with E-state index in [4.69, 9.17) is 10.5 Å². The first-order valence-electron chi connectivity index (χ1n) is 5.04. The molecule has 0 saturated heterocycles. The quantitative estimate of drug-likeness (QED) is 0.460. The van der Waals surface area contributed by atoms with E-state index in [-0.39, 0.29) is 0 Å². The maximum Gasteiger partial charge on any atom is 0.0991 e. The standard InChI is InChI=1S/C7H7NO.C7H5N/c9-8-6-7-4-2-1-3-5-7;8-6-7-4-2-1-3-5-7/h1-6,9H;1-5H/b8-6+;. The van der Waals surface area contributed by atoms with Crippen molar-refractivity contribution in [2.24, 2.45) is 5.16 Å². The minimum Gasteiger partial charge on any atom is -0.411 e. The van der Waals surface area contributed by atoms with Crippen molar-refractivity contribution in [2.75, 3.05) is 0 Å². The third-order valence-electron chi connectivity index (χ3n) is 1.91. The zero-order valence-electron chi connectivity index (χ0n) is 9.19. The Labute approximate surface area is 100 Å². The van der Waals surface area contributed by atoms with E-state index in [1.807, 2.05) is 54.6 Å². The average Bonchev–Trinajstić information content (AvgIpc) is 2.42. The van der Waals surface area contributed by atoms with Gasteiger partial charge in [-0.1, -0.05) is 53.7 Å². The van der Waals surface area contributed by atoms with Gasteiger partial charge in [-0.2, -0.15) is 5.26 Å². The molecule has 0 amide bonds. The van der Waals surface area contributed by atoms with Crippen molar-refractivity contribution in [1.82, 2.24) is 0 Å². The van der Waals surface area contributed by atoms with Gasteiger partial charge in [0.2, 0.25) is 0 Å². The topological polar surface area (TPSA) is 56.4 Å². The summed E-state index contributed by atoms with van der Waals surface area (Å²) in [6.45, 7) is 0. The van der Waals surface area contributed by atoms with Gasteiger partial charge in [-0.15, -0.1) is 0 Å². The number of rotatable bonds is 1. The SMILES string of the molecule is N#Cc1ccccc1.O/N=C/c1ccccc1. The fourth-order valence-corrected chi connectivity index (χ4v) is 1.12. The minimum atomic E-state index is 0.715. The number of nitrogens with zero attached hydrogens (tertiary/aromatic N) is 2. The van der Waals surface area contributed by atoms with E-state index >= 15 is 0 Å². The summed E-state index contributed by atoms with van der Waals surface area (Å²) in [5.74, 6) is 0. The van der Waals surface area contributed by atoms with Crippen LogP contribution in [0.25, 0.3) is 0 Å². The first-order chi connectivity index (χ1) is 8.36. The Balaban J connectivity index is 0.000000171. The fourth-order valence-electron chi connectivity index (χ4n) is 1.12. The third-order valence-corrected chi connectivity index (χ3v) is 1.91. The van der Waals surface area contributed by atoms with Crippen molar-refractivity contribution in [3.63, 3.8) is 0 Å². The molecule has 0 aromatic heterocycles. The minimum absolute atomic E-state index is 0.715. The van der Waals surface area contributed by atoms with E-state index in [0.717, 1.165) is 5.56 Å². The molecule has 3 nitrogen and oxygen atoms in total. The van der Waals surface area contributed by atoms with E-state index in [1.165, 1.54) is 6.21 Å². The van der Waals surface area contributed by atoms with Gasteiger partial charge in [0, 0.05) is 0 Å². The molecule has 0 spiro atoms. The van der Waals surface area contributed by atoms with E-state index in [9.17, 15) is 0 Å². The van der Waals surface area contributed by atoms with Crippen LogP contribution in [0.4, 0.5) is 0 Å². The van der Waals surface area contributed by atoms with Crippen molar-refractivity contribution >= 4 is 6.21 Å². The predicted octanol–water partition coefficient (Wildman–Crippen LogP) is 3.05. The van der Waals surface area contributed by atoms with Crippen LogP contribution in [0.1, 0.15) is 11.1 Å². The second-order valence-electron chi connectivity index (χ2n) is 3.13. The molecule has 2 aromatic rings.